The number of ketones is 1. The molecule has 2 aliphatic carbocycles. The van der Waals surface area contributed by atoms with Crippen LogP contribution in [0.4, 0.5) is 0 Å². The Kier molecular flexibility index (Phi) is 6.21. The van der Waals surface area contributed by atoms with Crippen molar-refractivity contribution in [3.8, 4) is 0 Å². The summed E-state index contributed by atoms with van der Waals surface area (Å²) in [5, 5.41) is 0. The van der Waals surface area contributed by atoms with Crippen LogP contribution < -0.4 is 0 Å². The van der Waals surface area contributed by atoms with E-state index >= 15 is 0 Å². The third-order valence-electron chi connectivity index (χ3n) is 5.14. The number of allylic oxidation sites excluding steroid dienone is 7. The van der Waals surface area contributed by atoms with Gasteiger partial charge in [-0.05, 0) is 61.3 Å². The van der Waals surface area contributed by atoms with Crippen LogP contribution in [-0.2, 0) is 14.3 Å². The largest absolute Gasteiger partial charge is 0.462 e. The number of ether oxygens (including phenoxy) is 1. The SMILES string of the molecule is CC(=O)OC1CC(C)=C(/C=C/C(C)=C2/C=CC(=O)CCC2)C(C)(C)C1. The van der Waals surface area contributed by atoms with Gasteiger partial charge in [-0.25, -0.2) is 0 Å². The van der Waals surface area contributed by atoms with E-state index in [1.54, 1.807) is 6.08 Å². The smallest absolute Gasteiger partial charge is 0.302 e. The Morgan fingerprint density at radius 1 is 1.24 bits per heavy atom. The third kappa shape index (κ3) is 5.29. The lowest BCUT2D eigenvalue weighted by atomic mass is 9.71. The van der Waals surface area contributed by atoms with Gasteiger partial charge >= 0.3 is 5.97 Å². The van der Waals surface area contributed by atoms with Crippen molar-refractivity contribution in [1.82, 2.24) is 0 Å². The first-order chi connectivity index (χ1) is 11.7. The van der Waals surface area contributed by atoms with Crippen molar-refractivity contribution in [3.05, 3.63) is 46.6 Å². The van der Waals surface area contributed by atoms with Gasteiger partial charge in [-0.3, -0.25) is 9.59 Å². The Morgan fingerprint density at radius 2 is 1.96 bits per heavy atom. The molecule has 0 spiro atoms. The molecule has 3 heteroatoms. The lowest BCUT2D eigenvalue weighted by Crippen LogP contribution is -2.31. The number of rotatable bonds is 3. The second-order valence-corrected chi connectivity index (χ2v) is 7.91. The maximum absolute atomic E-state index is 11.5. The van der Waals surface area contributed by atoms with Crippen molar-refractivity contribution in [3.63, 3.8) is 0 Å². The van der Waals surface area contributed by atoms with Crippen LogP contribution in [-0.4, -0.2) is 17.9 Å². The van der Waals surface area contributed by atoms with E-state index in [9.17, 15) is 9.59 Å². The predicted molar refractivity (Wildman–Crippen MR) is 101 cm³/mol. The van der Waals surface area contributed by atoms with Crippen LogP contribution in [0.2, 0.25) is 0 Å². The molecule has 0 saturated carbocycles. The highest BCUT2D eigenvalue weighted by Crippen LogP contribution is 2.42. The third-order valence-corrected chi connectivity index (χ3v) is 5.14. The Bertz CT molecular complexity index is 671. The lowest BCUT2D eigenvalue weighted by Gasteiger charge is -2.37. The summed E-state index contributed by atoms with van der Waals surface area (Å²) >= 11 is 0. The zero-order valence-electron chi connectivity index (χ0n) is 16.1. The van der Waals surface area contributed by atoms with E-state index in [0.29, 0.717) is 6.42 Å². The minimum atomic E-state index is -0.206. The van der Waals surface area contributed by atoms with Gasteiger partial charge in [0, 0.05) is 19.8 Å². The fourth-order valence-corrected chi connectivity index (χ4v) is 3.92. The summed E-state index contributed by atoms with van der Waals surface area (Å²) in [7, 11) is 0. The first kappa shape index (κ1) is 19.4. The molecule has 3 nitrogen and oxygen atoms in total. The Hall–Kier alpha value is -1.90. The highest BCUT2D eigenvalue weighted by Gasteiger charge is 2.33. The number of esters is 1. The van der Waals surface area contributed by atoms with E-state index in [-0.39, 0.29) is 23.3 Å². The van der Waals surface area contributed by atoms with Crippen molar-refractivity contribution in [1.29, 1.82) is 0 Å². The van der Waals surface area contributed by atoms with Crippen LogP contribution >= 0.6 is 0 Å². The van der Waals surface area contributed by atoms with Crippen molar-refractivity contribution in [2.75, 3.05) is 0 Å². The molecule has 136 valence electrons. The molecule has 0 amide bonds. The average Bonchev–Trinajstić information content (AvgIpc) is 2.69. The first-order valence-corrected chi connectivity index (χ1v) is 9.15. The summed E-state index contributed by atoms with van der Waals surface area (Å²) in [5.74, 6) is 0.0122. The number of carbonyl (C=O) groups excluding carboxylic acids is 2. The van der Waals surface area contributed by atoms with Crippen LogP contribution in [0.3, 0.4) is 0 Å². The van der Waals surface area contributed by atoms with Crippen molar-refractivity contribution < 1.29 is 14.3 Å². The molecule has 0 fully saturated rings. The van der Waals surface area contributed by atoms with E-state index in [4.69, 9.17) is 4.74 Å². The normalized spacial score (nSPS) is 26.0. The highest BCUT2D eigenvalue weighted by molar-refractivity contribution is 5.90. The zero-order valence-corrected chi connectivity index (χ0v) is 16.1. The number of carbonyl (C=O) groups is 2. The summed E-state index contributed by atoms with van der Waals surface area (Å²) in [5.41, 5.74) is 5.03. The van der Waals surface area contributed by atoms with Crippen LogP contribution in [0.15, 0.2) is 46.6 Å². The Balaban J connectivity index is 2.22. The molecule has 2 aliphatic rings. The van der Waals surface area contributed by atoms with E-state index in [1.807, 2.05) is 6.08 Å². The molecule has 0 aliphatic heterocycles. The van der Waals surface area contributed by atoms with Gasteiger partial charge in [-0.15, -0.1) is 0 Å². The maximum Gasteiger partial charge on any atom is 0.302 e. The first-order valence-electron chi connectivity index (χ1n) is 9.15. The Labute approximate surface area is 151 Å². The summed E-state index contributed by atoms with van der Waals surface area (Å²) in [4.78, 5) is 22.8. The van der Waals surface area contributed by atoms with Gasteiger partial charge in [0.05, 0.1) is 0 Å². The summed E-state index contributed by atoms with van der Waals surface area (Å²) in [6.07, 6.45) is 12.2. The molecule has 0 N–H and O–H groups in total. The summed E-state index contributed by atoms with van der Waals surface area (Å²) in [6, 6.07) is 0. The van der Waals surface area contributed by atoms with Gasteiger partial charge in [0.1, 0.15) is 6.10 Å². The molecule has 25 heavy (non-hydrogen) atoms. The van der Waals surface area contributed by atoms with Gasteiger partial charge in [0.15, 0.2) is 5.78 Å². The molecule has 0 aromatic rings. The molecule has 0 bridgehead atoms. The standard InChI is InChI=1S/C22H30O3/c1-15(18-7-6-8-19(24)11-10-18)9-12-21-16(2)13-20(25-17(3)23)14-22(21,4)5/h9-12,20H,6-8,13-14H2,1-5H3/b12-9+,18-15+. The lowest BCUT2D eigenvalue weighted by molar-refractivity contribution is -0.147. The maximum atomic E-state index is 11.5. The highest BCUT2D eigenvalue weighted by atomic mass is 16.5. The van der Waals surface area contributed by atoms with E-state index < -0.39 is 0 Å². The van der Waals surface area contributed by atoms with Crippen LogP contribution in [0.5, 0.6) is 0 Å². The van der Waals surface area contributed by atoms with E-state index in [2.05, 4.69) is 39.8 Å². The van der Waals surface area contributed by atoms with Gasteiger partial charge in [0.2, 0.25) is 0 Å². The monoisotopic (exact) mass is 342 g/mol. The average molecular weight is 342 g/mol. The molecule has 0 aromatic heterocycles. The zero-order chi connectivity index (χ0) is 18.6. The molecule has 0 radical (unpaired) electrons. The summed E-state index contributed by atoms with van der Waals surface area (Å²) < 4.78 is 5.44. The summed E-state index contributed by atoms with van der Waals surface area (Å²) in [6.45, 7) is 10.1. The van der Waals surface area contributed by atoms with Crippen molar-refractivity contribution >= 4 is 11.8 Å². The predicted octanol–water partition coefficient (Wildman–Crippen LogP) is 5.24. The fourth-order valence-electron chi connectivity index (χ4n) is 3.92. The molecular weight excluding hydrogens is 312 g/mol. The van der Waals surface area contributed by atoms with Gasteiger partial charge in [0.25, 0.3) is 0 Å². The van der Waals surface area contributed by atoms with Crippen molar-refractivity contribution in [2.24, 2.45) is 5.41 Å². The van der Waals surface area contributed by atoms with E-state index in [1.165, 1.54) is 29.2 Å². The quantitative estimate of drug-likeness (QED) is 0.659. The molecule has 0 saturated heterocycles. The fraction of sp³-hybridized carbons (Fsp3) is 0.545. The topological polar surface area (TPSA) is 43.4 Å². The van der Waals surface area contributed by atoms with Crippen LogP contribution in [0.25, 0.3) is 0 Å². The molecular formula is C22H30O3. The minimum absolute atomic E-state index is 0.0279. The van der Waals surface area contributed by atoms with Gasteiger partial charge in [-0.1, -0.05) is 37.6 Å². The van der Waals surface area contributed by atoms with Crippen LogP contribution in [0.1, 0.15) is 66.7 Å². The second kappa shape index (κ2) is 7.99. The Morgan fingerprint density at radius 3 is 2.60 bits per heavy atom. The van der Waals surface area contributed by atoms with Crippen molar-refractivity contribution in [2.45, 2.75) is 72.8 Å². The molecule has 2 rings (SSSR count). The number of hydrogen-bond acceptors (Lipinski definition) is 3. The number of hydrogen-bond donors (Lipinski definition) is 0. The molecule has 0 heterocycles. The van der Waals surface area contributed by atoms with Gasteiger partial charge < -0.3 is 4.74 Å². The minimum Gasteiger partial charge on any atom is -0.462 e. The van der Waals surface area contributed by atoms with Gasteiger partial charge in [-0.2, -0.15) is 0 Å². The second-order valence-electron chi connectivity index (χ2n) is 7.91. The van der Waals surface area contributed by atoms with Crippen LogP contribution in [0, 0.1) is 5.41 Å². The van der Waals surface area contributed by atoms with E-state index in [0.717, 1.165) is 25.7 Å². The molecule has 1 atom stereocenters. The molecule has 0 aromatic carbocycles. The molecule has 1 unspecified atom stereocenters.